The van der Waals surface area contributed by atoms with Crippen molar-refractivity contribution in [2.75, 3.05) is 13.2 Å². The summed E-state index contributed by atoms with van der Waals surface area (Å²) in [7, 11) is 0. The van der Waals surface area contributed by atoms with Crippen LogP contribution in [0.5, 0.6) is 0 Å². The number of esters is 1. The summed E-state index contributed by atoms with van der Waals surface area (Å²) in [5.74, 6) is -6.04. The summed E-state index contributed by atoms with van der Waals surface area (Å²) in [5, 5.41) is 4.95. The first-order valence-electron chi connectivity index (χ1n) is 17.8. The number of imide groups is 1. The van der Waals surface area contributed by atoms with E-state index in [0.29, 0.717) is 17.5 Å². The highest BCUT2D eigenvalue weighted by molar-refractivity contribution is 6.00. The minimum absolute atomic E-state index is 0.0486. The summed E-state index contributed by atoms with van der Waals surface area (Å²) in [6.45, 7) is 15.3. The molecular weight excluding hydrogens is 675 g/mol. The molecular formula is C38H51FN4O9. The van der Waals surface area contributed by atoms with Crippen LogP contribution in [0, 0.1) is 29.5 Å². The van der Waals surface area contributed by atoms with Gasteiger partial charge in [-0.15, -0.1) is 13.2 Å². The molecule has 0 radical (unpaired) electrons. The molecule has 7 atom stereocenters. The lowest BCUT2D eigenvalue weighted by atomic mass is 9.89. The van der Waals surface area contributed by atoms with Gasteiger partial charge in [0.2, 0.25) is 17.7 Å². The predicted molar refractivity (Wildman–Crippen MR) is 187 cm³/mol. The first-order chi connectivity index (χ1) is 24.6. The Bertz CT molecular complexity index is 1560. The van der Waals surface area contributed by atoms with E-state index in [2.05, 4.69) is 23.8 Å². The minimum atomic E-state index is -1.39. The third kappa shape index (κ3) is 9.56. The van der Waals surface area contributed by atoms with Crippen LogP contribution >= 0.6 is 0 Å². The smallest absolute Gasteiger partial charge is 0.410 e. The Morgan fingerprint density at radius 1 is 1.06 bits per heavy atom. The zero-order valence-corrected chi connectivity index (χ0v) is 30.7. The molecule has 1 aromatic rings. The van der Waals surface area contributed by atoms with Crippen molar-refractivity contribution >= 4 is 35.9 Å². The quantitative estimate of drug-likeness (QED) is 0.119. The normalized spacial score (nSPS) is 23.9. The molecule has 0 spiro atoms. The van der Waals surface area contributed by atoms with E-state index in [-0.39, 0.29) is 32.7 Å². The second-order valence-electron chi connectivity index (χ2n) is 14.5. The van der Waals surface area contributed by atoms with Crippen molar-refractivity contribution in [1.82, 2.24) is 20.4 Å². The minimum Gasteiger partial charge on any atom is -0.466 e. The number of likely N-dealkylation sites (tertiary alicyclic amines) is 1. The summed E-state index contributed by atoms with van der Waals surface area (Å²) in [6.07, 6.45) is 3.62. The molecule has 1 saturated carbocycles. The zero-order chi connectivity index (χ0) is 38.3. The van der Waals surface area contributed by atoms with Gasteiger partial charge in [-0.1, -0.05) is 37.1 Å². The number of allylic oxidation sites excluding steroid dienone is 2. The largest absolute Gasteiger partial charge is 0.466 e. The van der Waals surface area contributed by atoms with Crippen molar-refractivity contribution in [2.24, 2.45) is 23.7 Å². The van der Waals surface area contributed by atoms with Crippen LogP contribution in [0.3, 0.4) is 0 Å². The number of halogens is 1. The second kappa shape index (κ2) is 17.2. The van der Waals surface area contributed by atoms with E-state index >= 15 is 0 Å². The molecule has 52 heavy (non-hydrogen) atoms. The van der Waals surface area contributed by atoms with Crippen LogP contribution < -0.4 is 10.6 Å². The van der Waals surface area contributed by atoms with Crippen LogP contribution in [0.25, 0.3) is 0 Å². The van der Waals surface area contributed by atoms with Crippen LogP contribution in [0.1, 0.15) is 77.8 Å². The number of rotatable bonds is 14. The van der Waals surface area contributed by atoms with Crippen molar-refractivity contribution in [3.63, 3.8) is 0 Å². The fourth-order valence-electron chi connectivity index (χ4n) is 7.35. The number of carbonyl (C=O) groups excluding carboxylic acids is 6. The highest BCUT2D eigenvalue weighted by Gasteiger charge is 2.66. The third-order valence-corrected chi connectivity index (χ3v) is 9.59. The van der Waals surface area contributed by atoms with Crippen molar-refractivity contribution in [3.8, 4) is 0 Å². The number of hydrogen-bond donors (Lipinski definition) is 2. The Morgan fingerprint density at radius 2 is 1.79 bits per heavy atom. The Hall–Kier alpha value is -4.75. The summed E-state index contributed by atoms with van der Waals surface area (Å²) in [4.78, 5) is 83.2. The maximum atomic E-state index is 14.6. The second-order valence-corrected chi connectivity index (χ2v) is 14.5. The number of fused-ring (bicyclic) bond motifs is 1. The molecule has 0 bridgehead atoms. The van der Waals surface area contributed by atoms with E-state index in [1.165, 1.54) is 15.9 Å². The molecule has 1 saturated heterocycles. The number of nitrogens with one attached hydrogen (secondary N) is 2. The lowest BCUT2D eigenvalue weighted by Crippen LogP contribution is -2.56. The highest BCUT2D eigenvalue weighted by Crippen LogP contribution is 2.57. The molecule has 284 valence electrons. The van der Waals surface area contributed by atoms with Gasteiger partial charge in [0.15, 0.2) is 0 Å². The molecule has 2 unspecified atom stereocenters. The van der Waals surface area contributed by atoms with Crippen LogP contribution in [-0.4, -0.2) is 82.6 Å². The number of hydrogen-bond acceptors (Lipinski definition) is 9. The number of ether oxygens (including phenoxy) is 3. The monoisotopic (exact) mass is 726 g/mol. The average Bonchev–Trinajstić information content (AvgIpc) is 3.40. The average molecular weight is 727 g/mol. The molecule has 2 fully saturated rings. The van der Waals surface area contributed by atoms with Gasteiger partial charge in [-0.05, 0) is 70.4 Å². The van der Waals surface area contributed by atoms with E-state index in [9.17, 15) is 33.2 Å². The zero-order valence-electron chi connectivity index (χ0n) is 30.7. The van der Waals surface area contributed by atoms with Crippen molar-refractivity contribution in [3.05, 3.63) is 60.5 Å². The highest BCUT2D eigenvalue weighted by atomic mass is 19.1. The molecule has 2 aliphatic heterocycles. The summed E-state index contributed by atoms with van der Waals surface area (Å²) in [6, 6.07) is 2.04. The first kappa shape index (κ1) is 40.0. The lowest BCUT2D eigenvalue weighted by Gasteiger charge is -2.31. The molecule has 0 aromatic heterocycles. The number of benzene rings is 1. The van der Waals surface area contributed by atoms with Gasteiger partial charge in [0.1, 0.15) is 29.6 Å². The van der Waals surface area contributed by atoms with Gasteiger partial charge in [0.25, 0.3) is 0 Å². The summed E-state index contributed by atoms with van der Waals surface area (Å²) >= 11 is 0. The number of unbranched alkanes of at least 4 members (excludes halogenated alkanes) is 3. The molecule has 14 heteroatoms. The first-order valence-corrected chi connectivity index (χ1v) is 17.8. The van der Waals surface area contributed by atoms with Gasteiger partial charge < -0.3 is 24.4 Å². The van der Waals surface area contributed by atoms with Crippen LogP contribution in [0.4, 0.5) is 14.0 Å². The van der Waals surface area contributed by atoms with Crippen LogP contribution in [-0.2, 0) is 46.5 Å². The van der Waals surface area contributed by atoms with E-state index in [0.717, 1.165) is 26.2 Å². The van der Waals surface area contributed by atoms with Crippen LogP contribution in [0.15, 0.2) is 43.5 Å². The summed E-state index contributed by atoms with van der Waals surface area (Å²) < 4.78 is 31.4. The maximum Gasteiger partial charge on any atom is 0.410 e. The van der Waals surface area contributed by atoms with Crippen LogP contribution in [0.2, 0.25) is 0 Å². The van der Waals surface area contributed by atoms with Gasteiger partial charge in [0.05, 0.1) is 25.6 Å². The van der Waals surface area contributed by atoms with E-state index in [1.807, 2.05) is 0 Å². The van der Waals surface area contributed by atoms with Crippen molar-refractivity contribution in [2.45, 2.75) is 104 Å². The molecule has 13 nitrogen and oxygen atoms in total. The van der Waals surface area contributed by atoms with Gasteiger partial charge in [-0.2, -0.15) is 0 Å². The van der Waals surface area contributed by atoms with Gasteiger partial charge in [-0.3, -0.25) is 29.4 Å². The molecule has 2 heterocycles. The number of carbonyl (C=O) groups is 6. The lowest BCUT2D eigenvalue weighted by molar-refractivity contribution is -0.146. The number of alkyl carbamates (subject to hydrolysis) is 1. The van der Waals surface area contributed by atoms with E-state index in [1.54, 1.807) is 52.0 Å². The fraction of sp³-hybridized carbons (Fsp3) is 0.579. The van der Waals surface area contributed by atoms with Crippen molar-refractivity contribution in [1.29, 1.82) is 0 Å². The predicted octanol–water partition coefficient (Wildman–Crippen LogP) is 4.78. The SMILES string of the molecule is C=CCCCCC[C@H](NC(=O)OC(C)(C)C)C(=O)N1C[C@H](OC(=O)N2Cc3cccc(F)c3C2)C(C2[C@@H](C=C)[C@H]2C(=O)OCC)[C@H]1C(=O)NC(C)=O. The molecule has 3 aliphatic rings. The molecule has 4 rings (SSSR count). The number of amides is 5. The molecule has 1 aliphatic carbocycles. The molecule has 5 amide bonds. The molecule has 1 aromatic carbocycles. The van der Waals surface area contributed by atoms with Crippen molar-refractivity contribution < 1.29 is 47.4 Å². The topological polar surface area (TPSA) is 161 Å². The Kier molecular flexibility index (Phi) is 13.2. The molecule has 2 N–H and O–H groups in total. The van der Waals surface area contributed by atoms with Gasteiger partial charge in [0, 0.05) is 24.9 Å². The van der Waals surface area contributed by atoms with Gasteiger partial charge >= 0.3 is 18.2 Å². The number of nitrogens with zero attached hydrogens (tertiary/aromatic N) is 2. The van der Waals surface area contributed by atoms with E-state index < -0.39 is 89.2 Å². The van der Waals surface area contributed by atoms with E-state index in [4.69, 9.17) is 14.2 Å². The Balaban J connectivity index is 1.71. The standard InChI is InChI=1S/C38H51FN4O9/c1-8-11-12-13-14-18-27(41-36(48)52-38(5,6)7)34(46)43-21-28(51-37(49)42-19-23-16-15-17-26(39)25(23)20-42)31(32(43)33(45)40-22(4)44)29-24(9-2)30(29)35(47)50-10-3/h8-9,15-17,24,27-32H,1-2,10-14,18-21H2,3-7H3,(H,41,48)(H,40,44,45)/t24-,27+,28+,29?,30-,31?,32+/m1/s1. The Morgan fingerprint density at radius 3 is 2.40 bits per heavy atom. The maximum absolute atomic E-state index is 14.6. The summed E-state index contributed by atoms with van der Waals surface area (Å²) in [5.41, 5.74) is 0.115. The van der Waals surface area contributed by atoms with Gasteiger partial charge in [-0.25, -0.2) is 14.0 Å². The Labute approximate surface area is 304 Å². The third-order valence-electron chi connectivity index (χ3n) is 9.59. The fourth-order valence-corrected chi connectivity index (χ4v) is 7.35.